The van der Waals surface area contributed by atoms with Crippen molar-refractivity contribution in [1.29, 1.82) is 0 Å². The quantitative estimate of drug-likeness (QED) is 0.327. The minimum absolute atomic E-state index is 0.0583. The van der Waals surface area contributed by atoms with Gasteiger partial charge in [0.05, 0.1) is 13.2 Å². The second kappa shape index (κ2) is 9.38. The second-order valence-electron chi connectivity index (χ2n) is 2.77. The van der Waals surface area contributed by atoms with Crippen molar-refractivity contribution in [3.63, 3.8) is 0 Å². The molecule has 0 aliphatic rings. The van der Waals surface area contributed by atoms with Gasteiger partial charge in [0, 0.05) is 19.6 Å². The Balaban J connectivity index is 2.99. The molecule has 0 aromatic heterocycles. The van der Waals surface area contributed by atoms with Gasteiger partial charge in [-0.2, -0.15) is 0 Å². The standard InChI is InChI=1S/C8H16N2O5/c11-7(12)5-10-2-1-9-3-4-15-6-8(13)14/h9-10H,1-6H2,(H,11,12)(H,13,14). The van der Waals surface area contributed by atoms with Crippen molar-refractivity contribution < 1.29 is 24.5 Å². The van der Waals surface area contributed by atoms with E-state index in [1.165, 1.54) is 0 Å². The van der Waals surface area contributed by atoms with E-state index in [9.17, 15) is 9.59 Å². The number of nitrogens with one attached hydrogen (secondary N) is 2. The second-order valence-corrected chi connectivity index (χ2v) is 2.77. The Kier molecular flexibility index (Phi) is 8.64. The summed E-state index contributed by atoms with van der Waals surface area (Å²) in [5.74, 6) is -1.88. The van der Waals surface area contributed by atoms with E-state index < -0.39 is 11.9 Å². The molecule has 0 bridgehead atoms. The van der Waals surface area contributed by atoms with E-state index in [0.717, 1.165) is 0 Å². The van der Waals surface area contributed by atoms with Crippen LogP contribution in [0.2, 0.25) is 0 Å². The fraction of sp³-hybridized carbons (Fsp3) is 0.750. The van der Waals surface area contributed by atoms with Gasteiger partial charge in [0.1, 0.15) is 6.61 Å². The molecule has 0 spiro atoms. The van der Waals surface area contributed by atoms with Crippen molar-refractivity contribution in [1.82, 2.24) is 10.6 Å². The highest BCUT2D eigenvalue weighted by Gasteiger charge is 1.96. The molecule has 0 heterocycles. The van der Waals surface area contributed by atoms with Gasteiger partial charge in [-0.05, 0) is 0 Å². The van der Waals surface area contributed by atoms with Gasteiger partial charge >= 0.3 is 11.9 Å². The predicted octanol–water partition coefficient (Wildman–Crippen LogP) is -1.65. The highest BCUT2D eigenvalue weighted by atomic mass is 16.5. The Hall–Kier alpha value is -1.18. The predicted molar refractivity (Wildman–Crippen MR) is 51.8 cm³/mol. The third-order valence-corrected chi connectivity index (χ3v) is 1.40. The fourth-order valence-electron chi connectivity index (χ4n) is 0.801. The van der Waals surface area contributed by atoms with E-state index in [1.54, 1.807) is 0 Å². The summed E-state index contributed by atoms with van der Waals surface area (Å²) in [6.45, 7) is 1.68. The molecule has 7 heteroatoms. The van der Waals surface area contributed by atoms with Gasteiger partial charge in [0.2, 0.25) is 0 Å². The van der Waals surface area contributed by atoms with Crippen LogP contribution in [-0.4, -0.2) is 61.5 Å². The first-order valence-corrected chi connectivity index (χ1v) is 4.55. The maximum Gasteiger partial charge on any atom is 0.329 e. The average Bonchev–Trinajstić information content (AvgIpc) is 2.14. The largest absolute Gasteiger partial charge is 0.480 e. The number of carbonyl (C=O) groups is 2. The highest BCUT2D eigenvalue weighted by molar-refractivity contribution is 5.69. The summed E-state index contributed by atoms with van der Waals surface area (Å²) in [6, 6.07) is 0. The molecule has 0 aliphatic carbocycles. The van der Waals surface area contributed by atoms with Crippen LogP contribution in [0, 0.1) is 0 Å². The Morgan fingerprint density at radius 3 is 2.27 bits per heavy atom. The molecule has 4 N–H and O–H groups in total. The van der Waals surface area contributed by atoms with Crippen LogP contribution in [0.15, 0.2) is 0 Å². The Morgan fingerprint density at radius 2 is 1.67 bits per heavy atom. The van der Waals surface area contributed by atoms with Gasteiger partial charge in [-0.3, -0.25) is 4.79 Å². The Labute approximate surface area is 87.4 Å². The molecule has 88 valence electrons. The number of ether oxygens (including phenoxy) is 1. The Morgan fingerprint density at radius 1 is 1.00 bits per heavy atom. The zero-order valence-electron chi connectivity index (χ0n) is 8.36. The first kappa shape index (κ1) is 13.8. The zero-order chi connectivity index (χ0) is 11.5. The lowest BCUT2D eigenvalue weighted by atomic mass is 10.5. The van der Waals surface area contributed by atoms with E-state index in [1.807, 2.05) is 0 Å². The van der Waals surface area contributed by atoms with Gasteiger partial charge in [-0.25, -0.2) is 4.79 Å². The average molecular weight is 220 g/mol. The van der Waals surface area contributed by atoms with E-state index in [-0.39, 0.29) is 13.2 Å². The summed E-state index contributed by atoms with van der Waals surface area (Å²) in [5.41, 5.74) is 0. The van der Waals surface area contributed by atoms with Crippen molar-refractivity contribution in [2.45, 2.75) is 0 Å². The van der Waals surface area contributed by atoms with Crippen LogP contribution in [0.3, 0.4) is 0 Å². The maximum absolute atomic E-state index is 10.1. The minimum atomic E-state index is -0.988. The number of hydrogen-bond donors (Lipinski definition) is 4. The van der Waals surface area contributed by atoms with E-state index in [2.05, 4.69) is 10.6 Å². The molecule has 15 heavy (non-hydrogen) atoms. The van der Waals surface area contributed by atoms with Crippen molar-refractivity contribution in [2.24, 2.45) is 0 Å². The molecule has 0 aliphatic heterocycles. The molecule has 0 unspecified atom stereocenters. The molecule has 0 saturated carbocycles. The van der Waals surface area contributed by atoms with Crippen LogP contribution in [0.5, 0.6) is 0 Å². The van der Waals surface area contributed by atoms with Crippen LogP contribution in [0.1, 0.15) is 0 Å². The fourth-order valence-corrected chi connectivity index (χ4v) is 0.801. The number of hydrogen-bond acceptors (Lipinski definition) is 5. The maximum atomic E-state index is 10.1. The SMILES string of the molecule is O=C(O)CNCCNCCOCC(=O)O. The topological polar surface area (TPSA) is 108 Å². The molecule has 7 nitrogen and oxygen atoms in total. The lowest BCUT2D eigenvalue weighted by molar-refractivity contribution is -0.142. The lowest BCUT2D eigenvalue weighted by Crippen LogP contribution is -2.32. The highest BCUT2D eigenvalue weighted by Crippen LogP contribution is 1.72. The number of carboxylic acids is 2. The van der Waals surface area contributed by atoms with Crippen molar-refractivity contribution >= 4 is 11.9 Å². The molecule has 0 atom stereocenters. The van der Waals surface area contributed by atoms with Gasteiger partial charge in [0.25, 0.3) is 0 Å². The number of rotatable bonds is 10. The van der Waals surface area contributed by atoms with Crippen LogP contribution in [-0.2, 0) is 14.3 Å². The molecular weight excluding hydrogens is 204 g/mol. The molecule has 0 fully saturated rings. The molecular formula is C8H16N2O5. The zero-order valence-corrected chi connectivity index (χ0v) is 8.36. The summed E-state index contributed by atoms with van der Waals surface area (Å²) < 4.78 is 4.76. The van der Waals surface area contributed by atoms with E-state index in [0.29, 0.717) is 26.2 Å². The van der Waals surface area contributed by atoms with Gasteiger partial charge in [-0.1, -0.05) is 0 Å². The molecule has 0 saturated heterocycles. The van der Waals surface area contributed by atoms with Crippen LogP contribution < -0.4 is 10.6 Å². The molecule has 0 radical (unpaired) electrons. The third kappa shape index (κ3) is 12.8. The van der Waals surface area contributed by atoms with Gasteiger partial charge in [0.15, 0.2) is 0 Å². The number of aliphatic carboxylic acids is 2. The lowest BCUT2D eigenvalue weighted by Gasteiger charge is -2.04. The molecule has 0 rings (SSSR count). The normalized spacial score (nSPS) is 10.1. The molecule has 0 amide bonds. The summed E-state index contributed by atoms with van der Waals surface area (Å²) >= 11 is 0. The first-order chi connectivity index (χ1) is 7.13. The monoisotopic (exact) mass is 220 g/mol. The van der Waals surface area contributed by atoms with E-state index in [4.69, 9.17) is 14.9 Å². The van der Waals surface area contributed by atoms with Crippen LogP contribution in [0.4, 0.5) is 0 Å². The summed E-state index contributed by atoms with van der Waals surface area (Å²) in [7, 11) is 0. The number of carboxylic acid groups (broad SMARTS) is 2. The third-order valence-electron chi connectivity index (χ3n) is 1.40. The molecule has 0 aromatic carbocycles. The van der Waals surface area contributed by atoms with Crippen molar-refractivity contribution in [3.8, 4) is 0 Å². The Bertz CT molecular complexity index is 177. The van der Waals surface area contributed by atoms with Crippen LogP contribution >= 0.6 is 0 Å². The van der Waals surface area contributed by atoms with Gasteiger partial charge in [-0.15, -0.1) is 0 Å². The van der Waals surface area contributed by atoms with Crippen molar-refractivity contribution in [3.05, 3.63) is 0 Å². The smallest absolute Gasteiger partial charge is 0.329 e. The van der Waals surface area contributed by atoms with Crippen LogP contribution in [0.25, 0.3) is 0 Å². The summed E-state index contributed by atoms with van der Waals surface area (Å²) in [5, 5.41) is 22.2. The first-order valence-electron chi connectivity index (χ1n) is 4.55. The summed E-state index contributed by atoms with van der Waals surface area (Å²) in [6.07, 6.45) is 0. The van der Waals surface area contributed by atoms with Gasteiger partial charge < -0.3 is 25.6 Å². The minimum Gasteiger partial charge on any atom is -0.480 e. The van der Waals surface area contributed by atoms with Crippen molar-refractivity contribution in [2.75, 3.05) is 39.4 Å². The van der Waals surface area contributed by atoms with E-state index >= 15 is 0 Å². The molecule has 0 aromatic rings. The summed E-state index contributed by atoms with van der Waals surface area (Å²) in [4.78, 5) is 20.1.